The number of carbonyl (C=O) groups is 2. The van der Waals surface area contributed by atoms with Crippen LogP contribution in [-0.2, 0) is 20.9 Å². The quantitative estimate of drug-likeness (QED) is 0.579. The standard InChI is InChI=1S/C22H24N4O3.C2HF3O2/c1-16-5-4-6-17(24-16)13-28-18-8-10-29-22(11-18)14-25(15-22)21(27)19-12-23-20-7-2-3-9-26(19)20;3-2(4,5)1(6)7/h2-7,9,12,18H,8,10-11,13-15H2,1H3;(H,6,7). The van der Waals surface area contributed by atoms with Crippen molar-refractivity contribution in [3.8, 4) is 0 Å². The molecular weight excluding hydrogens is 481 g/mol. The van der Waals surface area contributed by atoms with Gasteiger partial charge in [-0.2, -0.15) is 13.2 Å². The highest BCUT2D eigenvalue weighted by Gasteiger charge is 2.50. The summed E-state index contributed by atoms with van der Waals surface area (Å²) in [7, 11) is 0. The predicted molar refractivity (Wildman–Crippen MR) is 120 cm³/mol. The number of fused-ring (bicyclic) bond motifs is 1. The zero-order chi connectivity index (χ0) is 25.9. The summed E-state index contributed by atoms with van der Waals surface area (Å²) in [5.41, 5.74) is 3.01. The van der Waals surface area contributed by atoms with Crippen molar-refractivity contribution in [2.75, 3.05) is 19.7 Å². The van der Waals surface area contributed by atoms with E-state index in [-0.39, 0.29) is 17.6 Å². The van der Waals surface area contributed by atoms with Gasteiger partial charge in [-0.1, -0.05) is 12.1 Å². The van der Waals surface area contributed by atoms with E-state index >= 15 is 0 Å². The lowest BCUT2D eigenvalue weighted by Gasteiger charge is -2.52. The number of hydrogen-bond acceptors (Lipinski definition) is 6. The molecule has 2 saturated heterocycles. The number of carboxylic acid groups (broad SMARTS) is 1. The highest BCUT2D eigenvalue weighted by molar-refractivity contribution is 5.94. The van der Waals surface area contributed by atoms with Crippen LogP contribution in [0.4, 0.5) is 13.2 Å². The molecule has 2 aliphatic heterocycles. The first-order chi connectivity index (χ1) is 17.1. The normalized spacial score (nSPS) is 18.9. The van der Waals surface area contributed by atoms with Gasteiger partial charge in [0, 0.05) is 24.9 Å². The van der Waals surface area contributed by atoms with E-state index < -0.39 is 12.1 Å². The summed E-state index contributed by atoms with van der Waals surface area (Å²) >= 11 is 0. The largest absolute Gasteiger partial charge is 0.490 e. The van der Waals surface area contributed by atoms with Crippen LogP contribution in [-0.4, -0.2) is 73.8 Å². The molecule has 0 aliphatic carbocycles. The first-order valence-corrected chi connectivity index (χ1v) is 11.3. The second-order valence-electron chi connectivity index (χ2n) is 8.76. The molecule has 3 aromatic heterocycles. The van der Waals surface area contributed by atoms with E-state index in [0.717, 1.165) is 29.9 Å². The monoisotopic (exact) mass is 506 g/mol. The Hall–Kier alpha value is -3.51. The van der Waals surface area contributed by atoms with Crippen LogP contribution in [0.3, 0.4) is 0 Å². The molecule has 0 bridgehead atoms. The second kappa shape index (κ2) is 10.2. The number of pyridine rings is 2. The number of carbonyl (C=O) groups excluding carboxylic acids is 1. The molecule has 1 unspecified atom stereocenters. The number of carboxylic acids is 1. The Bertz CT molecular complexity index is 1240. The maximum atomic E-state index is 12.9. The Morgan fingerprint density at radius 1 is 1.22 bits per heavy atom. The fraction of sp³-hybridized carbons (Fsp3) is 0.417. The molecule has 5 heterocycles. The Kier molecular flexibility index (Phi) is 7.27. The minimum Gasteiger partial charge on any atom is -0.475 e. The van der Waals surface area contributed by atoms with Gasteiger partial charge in [0.1, 0.15) is 16.9 Å². The fourth-order valence-corrected chi connectivity index (χ4v) is 4.27. The molecule has 3 aromatic rings. The molecule has 12 heteroatoms. The van der Waals surface area contributed by atoms with Crippen LogP contribution in [0.15, 0.2) is 48.8 Å². The molecule has 5 rings (SSSR count). The van der Waals surface area contributed by atoms with Gasteiger partial charge in [0.25, 0.3) is 5.91 Å². The number of rotatable bonds is 4. The molecule has 36 heavy (non-hydrogen) atoms. The zero-order valence-corrected chi connectivity index (χ0v) is 19.4. The molecule has 192 valence electrons. The lowest BCUT2D eigenvalue weighted by molar-refractivity contribution is -0.192. The Morgan fingerprint density at radius 3 is 2.67 bits per heavy atom. The maximum Gasteiger partial charge on any atom is 0.490 e. The third-order valence-electron chi connectivity index (χ3n) is 5.98. The van der Waals surface area contributed by atoms with E-state index in [1.165, 1.54) is 0 Å². The minimum atomic E-state index is -5.08. The van der Waals surface area contributed by atoms with Crippen molar-refractivity contribution in [1.29, 1.82) is 0 Å². The van der Waals surface area contributed by atoms with Crippen LogP contribution in [0.2, 0.25) is 0 Å². The number of aryl methyl sites for hydroxylation is 1. The first kappa shape index (κ1) is 25.6. The van der Waals surface area contributed by atoms with Gasteiger partial charge in [-0.25, -0.2) is 9.78 Å². The van der Waals surface area contributed by atoms with Gasteiger partial charge in [-0.05, 0) is 37.6 Å². The number of imidazole rings is 1. The number of likely N-dealkylation sites (tertiary alicyclic amines) is 1. The molecule has 0 aromatic carbocycles. The van der Waals surface area contributed by atoms with Crippen LogP contribution in [0.25, 0.3) is 5.65 Å². The van der Waals surface area contributed by atoms with Gasteiger partial charge < -0.3 is 19.5 Å². The van der Waals surface area contributed by atoms with E-state index in [2.05, 4.69) is 9.97 Å². The minimum absolute atomic E-state index is 0.00933. The molecular formula is C24H25F3N4O5. The van der Waals surface area contributed by atoms with E-state index in [0.29, 0.717) is 32.0 Å². The summed E-state index contributed by atoms with van der Waals surface area (Å²) in [6.45, 7) is 4.33. The fourth-order valence-electron chi connectivity index (χ4n) is 4.27. The zero-order valence-electron chi connectivity index (χ0n) is 19.4. The molecule has 2 fully saturated rings. The number of aromatic nitrogens is 3. The number of amides is 1. The van der Waals surface area contributed by atoms with Crippen LogP contribution in [0, 0.1) is 6.92 Å². The van der Waals surface area contributed by atoms with Gasteiger partial charge >= 0.3 is 12.1 Å². The van der Waals surface area contributed by atoms with Gasteiger partial charge in [0.05, 0.1) is 37.7 Å². The lowest BCUT2D eigenvalue weighted by Crippen LogP contribution is -2.67. The van der Waals surface area contributed by atoms with Crippen molar-refractivity contribution in [2.24, 2.45) is 0 Å². The van der Waals surface area contributed by atoms with Crippen molar-refractivity contribution in [1.82, 2.24) is 19.3 Å². The Balaban J connectivity index is 0.000000384. The number of nitrogens with zero attached hydrogens (tertiary/aromatic N) is 4. The highest BCUT2D eigenvalue weighted by atomic mass is 19.4. The molecule has 1 amide bonds. The van der Waals surface area contributed by atoms with E-state index in [9.17, 15) is 18.0 Å². The second-order valence-corrected chi connectivity index (χ2v) is 8.76. The maximum absolute atomic E-state index is 12.9. The number of hydrogen-bond donors (Lipinski definition) is 1. The number of aliphatic carboxylic acids is 1. The van der Waals surface area contributed by atoms with Crippen LogP contribution >= 0.6 is 0 Å². The summed E-state index contributed by atoms with van der Waals surface area (Å²) < 4.78 is 45.8. The van der Waals surface area contributed by atoms with E-state index in [1.54, 1.807) is 6.20 Å². The summed E-state index contributed by atoms with van der Waals surface area (Å²) in [4.78, 5) is 32.5. The summed E-state index contributed by atoms with van der Waals surface area (Å²) in [5, 5.41) is 7.12. The predicted octanol–water partition coefficient (Wildman–Crippen LogP) is 3.26. The SMILES string of the molecule is Cc1cccc(COC2CCOC3(C2)CN(C(=O)c2cnc4ccccn24)C3)n1.O=C(O)C(F)(F)F. The highest BCUT2D eigenvalue weighted by Crippen LogP contribution is 2.36. The number of alkyl halides is 3. The lowest BCUT2D eigenvalue weighted by atomic mass is 9.84. The molecule has 1 N–H and O–H groups in total. The summed E-state index contributed by atoms with van der Waals surface area (Å²) in [6.07, 6.45) is 0.222. The van der Waals surface area contributed by atoms with Crippen LogP contribution < -0.4 is 0 Å². The van der Waals surface area contributed by atoms with E-state index in [4.69, 9.17) is 19.4 Å². The molecule has 2 aliphatic rings. The molecule has 1 spiro atoms. The van der Waals surface area contributed by atoms with Gasteiger partial charge in [0.15, 0.2) is 0 Å². The molecule has 0 saturated carbocycles. The van der Waals surface area contributed by atoms with Crippen molar-refractivity contribution in [3.63, 3.8) is 0 Å². The smallest absolute Gasteiger partial charge is 0.475 e. The number of halogens is 3. The first-order valence-electron chi connectivity index (χ1n) is 11.3. The number of ether oxygens (including phenoxy) is 2. The Morgan fingerprint density at radius 2 is 1.97 bits per heavy atom. The average molecular weight is 506 g/mol. The van der Waals surface area contributed by atoms with Gasteiger partial charge in [-0.3, -0.25) is 14.2 Å². The Labute approximate surface area is 204 Å². The van der Waals surface area contributed by atoms with E-state index in [1.807, 2.05) is 58.8 Å². The molecule has 9 nitrogen and oxygen atoms in total. The topological polar surface area (TPSA) is 106 Å². The van der Waals surface area contributed by atoms with Crippen molar-refractivity contribution in [2.45, 2.75) is 44.3 Å². The van der Waals surface area contributed by atoms with Crippen LogP contribution in [0.5, 0.6) is 0 Å². The van der Waals surface area contributed by atoms with Crippen molar-refractivity contribution >= 4 is 17.5 Å². The van der Waals surface area contributed by atoms with Crippen molar-refractivity contribution < 1.29 is 37.3 Å². The average Bonchev–Trinajstić information content (AvgIpc) is 3.25. The van der Waals surface area contributed by atoms with Crippen molar-refractivity contribution in [3.05, 3.63) is 65.9 Å². The van der Waals surface area contributed by atoms with Gasteiger partial charge in [-0.15, -0.1) is 0 Å². The van der Waals surface area contributed by atoms with Crippen LogP contribution in [0.1, 0.15) is 34.7 Å². The summed E-state index contributed by atoms with van der Waals surface area (Å²) in [6, 6.07) is 11.7. The molecule has 1 atom stereocenters. The third-order valence-corrected chi connectivity index (χ3v) is 5.98. The molecule has 0 radical (unpaired) electrons. The summed E-state index contributed by atoms with van der Waals surface area (Å²) in [5.74, 6) is -2.77. The third kappa shape index (κ3) is 5.82. The van der Waals surface area contributed by atoms with Gasteiger partial charge in [0.2, 0.25) is 0 Å².